The summed E-state index contributed by atoms with van der Waals surface area (Å²) < 4.78 is 6.24. The lowest BCUT2D eigenvalue weighted by molar-refractivity contribution is 0.0593. The number of rotatable bonds is 3. The first kappa shape index (κ1) is 10.2. The van der Waals surface area contributed by atoms with Crippen LogP contribution < -0.4 is 5.43 Å². The maximum Gasteiger partial charge on any atom is 0.358 e. The van der Waals surface area contributed by atoms with Crippen LogP contribution in [0.5, 0.6) is 0 Å². The number of aromatic nitrogens is 3. The van der Waals surface area contributed by atoms with Crippen molar-refractivity contribution < 1.29 is 9.53 Å². The predicted molar refractivity (Wildman–Crippen MR) is 56.8 cm³/mol. The monoisotopic (exact) mass is 218 g/mol. The summed E-state index contributed by atoms with van der Waals surface area (Å²) in [6, 6.07) is 6.95. The zero-order valence-electron chi connectivity index (χ0n) is 8.62. The fraction of sp³-hybridized carbons (Fsp3) is 0.100. The largest absolute Gasteiger partial charge is 0.464 e. The first-order chi connectivity index (χ1) is 7.79. The van der Waals surface area contributed by atoms with E-state index < -0.39 is 5.97 Å². The van der Waals surface area contributed by atoms with Crippen molar-refractivity contribution in [2.75, 3.05) is 12.5 Å². The molecular formula is C10H10N4O2. The summed E-state index contributed by atoms with van der Waals surface area (Å²) in [5.74, 6) is 0.0452. The lowest BCUT2D eigenvalue weighted by atomic mass is 10.4. The average molecular weight is 218 g/mol. The normalized spacial score (nSPS) is 9.81. The molecule has 0 aromatic carbocycles. The second-order valence-corrected chi connectivity index (χ2v) is 3.00. The number of hydrogen-bond acceptors (Lipinski definition) is 5. The number of carbonyl (C=O) groups excluding carboxylic acids is 1. The van der Waals surface area contributed by atoms with Gasteiger partial charge in [0.1, 0.15) is 0 Å². The quantitative estimate of drug-likeness (QED) is 0.776. The fourth-order valence-electron chi connectivity index (χ4n) is 1.15. The number of anilines is 1. The third-order valence-corrected chi connectivity index (χ3v) is 1.91. The molecule has 0 bridgehead atoms. The molecule has 2 aromatic heterocycles. The Morgan fingerprint density at radius 2 is 2.06 bits per heavy atom. The predicted octanol–water partition coefficient (Wildman–Crippen LogP) is 0.940. The Hall–Kier alpha value is -2.37. The number of nitrogens with zero attached hydrogens (tertiary/aromatic N) is 3. The Morgan fingerprint density at radius 3 is 2.62 bits per heavy atom. The van der Waals surface area contributed by atoms with Gasteiger partial charge >= 0.3 is 5.97 Å². The number of methoxy groups -OCH3 is 1. The minimum atomic E-state index is -0.500. The minimum Gasteiger partial charge on any atom is -0.464 e. The van der Waals surface area contributed by atoms with Crippen LogP contribution in [0.3, 0.4) is 0 Å². The molecule has 0 aliphatic rings. The number of esters is 1. The van der Waals surface area contributed by atoms with E-state index >= 15 is 0 Å². The molecule has 0 atom stereocenters. The number of hydrogen-bond donors (Lipinski definition) is 1. The van der Waals surface area contributed by atoms with Crippen LogP contribution in [0.2, 0.25) is 0 Å². The van der Waals surface area contributed by atoms with Crippen molar-refractivity contribution in [1.82, 2.24) is 14.9 Å². The molecule has 82 valence electrons. The molecule has 16 heavy (non-hydrogen) atoms. The SMILES string of the molecule is COC(=O)c1ccc(Nn2cccc2)nn1. The van der Waals surface area contributed by atoms with Crippen molar-refractivity contribution in [3.05, 3.63) is 42.4 Å². The Balaban J connectivity index is 2.10. The highest BCUT2D eigenvalue weighted by Crippen LogP contribution is 2.03. The van der Waals surface area contributed by atoms with Gasteiger partial charge in [0.15, 0.2) is 11.5 Å². The maximum atomic E-state index is 11.1. The Labute approximate surface area is 91.8 Å². The second-order valence-electron chi connectivity index (χ2n) is 3.00. The molecule has 0 unspecified atom stereocenters. The van der Waals surface area contributed by atoms with Crippen molar-refractivity contribution >= 4 is 11.8 Å². The van der Waals surface area contributed by atoms with Crippen molar-refractivity contribution in [2.24, 2.45) is 0 Å². The molecule has 0 spiro atoms. The van der Waals surface area contributed by atoms with Crippen molar-refractivity contribution in [3.8, 4) is 0 Å². The highest BCUT2D eigenvalue weighted by molar-refractivity contribution is 5.86. The molecular weight excluding hydrogens is 208 g/mol. The first-order valence-electron chi connectivity index (χ1n) is 4.61. The van der Waals surface area contributed by atoms with Crippen molar-refractivity contribution in [2.45, 2.75) is 0 Å². The van der Waals surface area contributed by atoms with E-state index in [0.717, 1.165) is 0 Å². The molecule has 2 heterocycles. The van der Waals surface area contributed by atoms with E-state index in [2.05, 4.69) is 20.4 Å². The summed E-state index contributed by atoms with van der Waals surface area (Å²) in [5.41, 5.74) is 3.14. The molecule has 6 heteroatoms. The number of ether oxygens (including phenoxy) is 1. The molecule has 0 fully saturated rings. The van der Waals surface area contributed by atoms with Crippen LogP contribution in [0.25, 0.3) is 0 Å². The molecule has 2 rings (SSSR count). The Morgan fingerprint density at radius 1 is 1.31 bits per heavy atom. The van der Waals surface area contributed by atoms with Crippen LogP contribution in [-0.4, -0.2) is 28.0 Å². The van der Waals surface area contributed by atoms with E-state index in [1.165, 1.54) is 7.11 Å². The van der Waals surface area contributed by atoms with E-state index in [4.69, 9.17) is 0 Å². The van der Waals surface area contributed by atoms with Crippen LogP contribution >= 0.6 is 0 Å². The number of carbonyl (C=O) groups is 1. The minimum absolute atomic E-state index is 0.181. The highest BCUT2D eigenvalue weighted by atomic mass is 16.5. The van der Waals surface area contributed by atoms with Crippen molar-refractivity contribution in [3.63, 3.8) is 0 Å². The van der Waals surface area contributed by atoms with Crippen LogP contribution in [0.15, 0.2) is 36.7 Å². The van der Waals surface area contributed by atoms with E-state index in [-0.39, 0.29) is 5.69 Å². The lowest BCUT2D eigenvalue weighted by Crippen LogP contribution is -2.10. The van der Waals surface area contributed by atoms with Gasteiger partial charge in [0.25, 0.3) is 0 Å². The van der Waals surface area contributed by atoms with E-state index in [9.17, 15) is 4.79 Å². The average Bonchev–Trinajstić information content (AvgIpc) is 2.82. The summed E-state index contributed by atoms with van der Waals surface area (Å²) in [6.45, 7) is 0. The maximum absolute atomic E-state index is 11.1. The van der Waals surface area contributed by atoms with Crippen LogP contribution in [-0.2, 0) is 4.74 Å². The van der Waals surface area contributed by atoms with Gasteiger partial charge in [-0.3, -0.25) is 10.1 Å². The summed E-state index contributed by atoms with van der Waals surface area (Å²) in [4.78, 5) is 11.1. The zero-order chi connectivity index (χ0) is 11.4. The summed E-state index contributed by atoms with van der Waals surface area (Å²) in [7, 11) is 1.30. The third-order valence-electron chi connectivity index (χ3n) is 1.91. The first-order valence-corrected chi connectivity index (χ1v) is 4.61. The zero-order valence-corrected chi connectivity index (χ0v) is 8.62. The summed E-state index contributed by atoms with van der Waals surface area (Å²) >= 11 is 0. The molecule has 0 amide bonds. The van der Waals surface area contributed by atoms with Gasteiger partial charge in [-0.05, 0) is 24.3 Å². The van der Waals surface area contributed by atoms with E-state index in [1.54, 1.807) is 16.8 Å². The standard InChI is InChI=1S/C10H10N4O2/c1-16-10(15)8-4-5-9(12-11-8)13-14-6-2-3-7-14/h2-7H,1H3,(H,12,13). The van der Waals surface area contributed by atoms with Crippen LogP contribution in [0, 0.1) is 0 Å². The molecule has 0 radical (unpaired) electrons. The van der Waals surface area contributed by atoms with Crippen molar-refractivity contribution in [1.29, 1.82) is 0 Å². The van der Waals surface area contributed by atoms with Gasteiger partial charge in [0.2, 0.25) is 0 Å². The third kappa shape index (κ3) is 2.17. The molecule has 0 saturated heterocycles. The molecule has 0 aliphatic carbocycles. The molecule has 1 N–H and O–H groups in total. The van der Waals surface area contributed by atoms with Gasteiger partial charge in [0, 0.05) is 12.4 Å². The summed E-state index contributed by atoms with van der Waals surface area (Å²) in [6.07, 6.45) is 3.66. The van der Waals surface area contributed by atoms with Gasteiger partial charge in [-0.25, -0.2) is 4.79 Å². The van der Waals surface area contributed by atoms with Gasteiger partial charge in [-0.2, -0.15) is 0 Å². The fourth-order valence-corrected chi connectivity index (χ4v) is 1.15. The van der Waals surface area contributed by atoms with Gasteiger partial charge < -0.3 is 4.74 Å². The van der Waals surface area contributed by atoms with E-state index in [0.29, 0.717) is 5.82 Å². The molecule has 0 saturated carbocycles. The number of nitrogens with one attached hydrogen (secondary N) is 1. The van der Waals surface area contributed by atoms with Gasteiger partial charge in [-0.15, -0.1) is 10.2 Å². The lowest BCUT2D eigenvalue weighted by Gasteiger charge is -2.05. The topological polar surface area (TPSA) is 69.0 Å². The second kappa shape index (κ2) is 4.43. The Bertz CT molecular complexity index is 464. The van der Waals surface area contributed by atoms with E-state index in [1.807, 2.05) is 24.5 Å². The Kier molecular flexibility index (Phi) is 2.81. The molecule has 2 aromatic rings. The van der Waals surface area contributed by atoms with Gasteiger partial charge in [-0.1, -0.05) is 0 Å². The smallest absolute Gasteiger partial charge is 0.358 e. The van der Waals surface area contributed by atoms with Crippen LogP contribution in [0.1, 0.15) is 10.5 Å². The molecule has 6 nitrogen and oxygen atoms in total. The highest BCUT2D eigenvalue weighted by Gasteiger charge is 2.07. The van der Waals surface area contributed by atoms with Gasteiger partial charge in [0.05, 0.1) is 7.11 Å². The van der Waals surface area contributed by atoms with Crippen LogP contribution in [0.4, 0.5) is 5.82 Å². The summed E-state index contributed by atoms with van der Waals surface area (Å²) in [5, 5.41) is 7.57. The molecule has 0 aliphatic heterocycles.